The highest BCUT2D eigenvalue weighted by atomic mass is 16.2. The van der Waals surface area contributed by atoms with Crippen LogP contribution in [0.4, 0.5) is 0 Å². The largest absolute Gasteiger partial charge is 0.341 e. The van der Waals surface area contributed by atoms with Gasteiger partial charge in [0.15, 0.2) is 0 Å². The molecule has 1 aromatic carbocycles. The van der Waals surface area contributed by atoms with Crippen molar-refractivity contribution >= 4 is 5.91 Å². The Morgan fingerprint density at radius 3 is 2.62 bits per heavy atom. The summed E-state index contributed by atoms with van der Waals surface area (Å²) in [5.41, 5.74) is 1.37. The van der Waals surface area contributed by atoms with Gasteiger partial charge in [0.2, 0.25) is 5.91 Å². The molecule has 0 unspecified atom stereocenters. The first-order valence-electron chi connectivity index (χ1n) is 9.36. The molecule has 1 aromatic rings. The first-order valence-corrected chi connectivity index (χ1v) is 9.36. The molecule has 0 spiro atoms. The van der Waals surface area contributed by atoms with Gasteiger partial charge in [-0.1, -0.05) is 30.3 Å². The molecule has 24 heavy (non-hydrogen) atoms. The molecule has 4 nitrogen and oxygen atoms in total. The normalized spacial score (nSPS) is 26.8. The molecular formula is C20H31N3O. The average Bonchev–Trinajstić information content (AvgIpc) is 3.18. The van der Waals surface area contributed by atoms with Gasteiger partial charge in [0.1, 0.15) is 0 Å². The van der Waals surface area contributed by atoms with E-state index in [1.54, 1.807) is 0 Å². The molecule has 2 aliphatic rings. The molecule has 3 rings (SSSR count). The standard InChI is InChI=1S/C20H31N3O/c1-4-22(14-13-21(2)3)20(24)17-15-19(16-9-6-5-7-10-16)23-12-8-11-18(17)23/h5-7,9-10,17-19H,4,8,11-15H2,1-3H3/t17-,18+,19-/m1/s1. The molecule has 132 valence electrons. The highest BCUT2D eigenvalue weighted by Gasteiger charge is 2.47. The summed E-state index contributed by atoms with van der Waals surface area (Å²) in [7, 11) is 4.13. The zero-order chi connectivity index (χ0) is 17.1. The number of likely N-dealkylation sites (N-methyl/N-ethyl adjacent to an activating group) is 2. The number of carbonyl (C=O) groups is 1. The first-order chi connectivity index (χ1) is 11.6. The third-order valence-corrected chi connectivity index (χ3v) is 5.70. The molecule has 1 amide bonds. The Hall–Kier alpha value is -1.39. The van der Waals surface area contributed by atoms with Crippen LogP contribution in [0.2, 0.25) is 0 Å². The first kappa shape index (κ1) is 17.4. The van der Waals surface area contributed by atoms with Gasteiger partial charge >= 0.3 is 0 Å². The predicted molar refractivity (Wildman–Crippen MR) is 97.8 cm³/mol. The van der Waals surface area contributed by atoms with Gasteiger partial charge in [0, 0.05) is 31.7 Å². The van der Waals surface area contributed by atoms with E-state index in [4.69, 9.17) is 0 Å². The lowest BCUT2D eigenvalue weighted by Gasteiger charge is -2.28. The van der Waals surface area contributed by atoms with Crippen LogP contribution in [-0.2, 0) is 4.79 Å². The smallest absolute Gasteiger partial charge is 0.227 e. The maximum atomic E-state index is 13.2. The van der Waals surface area contributed by atoms with Crippen molar-refractivity contribution in [2.45, 2.75) is 38.3 Å². The number of carbonyl (C=O) groups excluding carboxylic acids is 1. The number of amides is 1. The molecule has 2 heterocycles. The van der Waals surface area contributed by atoms with Crippen LogP contribution in [0.3, 0.4) is 0 Å². The summed E-state index contributed by atoms with van der Waals surface area (Å²) >= 11 is 0. The summed E-state index contributed by atoms with van der Waals surface area (Å²) in [5.74, 6) is 0.537. The van der Waals surface area contributed by atoms with Crippen molar-refractivity contribution in [3.8, 4) is 0 Å². The maximum Gasteiger partial charge on any atom is 0.227 e. The highest BCUT2D eigenvalue weighted by Crippen LogP contribution is 2.45. The van der Waals surface area contributed by atoms with Gasteiger partial charge in [-0.25, -0.2) is 0 Å². The minimum absolute atomic E-state index is 0.166. The molecule has 4 heteroatoms. The summed E-state index contributed by atoms with van der Waals surface area (Å²) in [5, 5.41) is 0. The van der Waals surface area contributed by atoms with E-state index in [0.717, 1.165) is 32.6 Å². The van der Waals surface area contributed by atoms with E-state index < -0.39 is 0 Å². The van der Waals surface area contributed by atoms with E-state index in [2.05, 4.69) is 66.1 Å². The Labute approximate surface area is 146 Å². The quantitative estimate of drug-likeness (QED) is 0.803. The van der Waals surface area contributed by atoms with E-state index in [1.165, 1.54) is 18.4 Å². The van der Waals surface area contributed by atoms with Gasteiger partial charge in [0.05, 0.1) is 5.92 Å². The number of fused-ring (bicyclic) bond motifs is 1. The van der Waals surface area contributed by atoms with E-state index in [9.17, 15) is 4.79 Å². The van der Waals surface area contributed by atoms with Crippen molar-refractivity contribution in [1.82, 2.24) is 14.7 Å². The fraction of sp³-hybridized carbons (Fsp3) is 0.650. The van der Waals surface area contributed by atoms with Crippen LogP contribution in [0.1, 0.15) is 37.8 Å². The Morgan fingerprint density at radius 1 is 1.21 bits per heavy atom. The lowest BCUT2D eigenvalue weighted by molar-refractivity contribution is -0.136. The van der Waals surface area contributed by atoms with Crippen LogP contribution in [0, 0.1) is 5.92 Å². The van der Waals surface area contributed by atoms with E-state index in [-0.39, 0.29) is 5.92 Å². The van der Waals surface area contributed by atoms with Crippen LogP contribution in [0.25, 0.3) is 0 Å². The summed E-state index contributed by atoms with van der Waals surface area (Å²) in [4.78, 5) is 20.0. The zero-order valence-corrected chi connectivity index (χ0v) is 15.3. The van der Waals surface area contributed by atoms with Gasteiger partial charge in [-0.2, -0.15) is 0 Å². The molecule has 3 atom stereocenters. The topological polar surface area (TPSA) is 26.8 Å². The van der Waals surface area contributed by atoms with Gasteiger partial charge < -0.3 is 9.80 Å². The van der Waals surface area contributed by atoms with Crippen LogP contribution in [-0.4, -0.2) is 66.9 Å². The van der Waals surface area contributed by atoms with Gasteiger partial charge in [-0.3, -0.25) is 9.69 Å². The molecule has 2 fully saturated rings. The average molecular weight is 329 g/mol. The van der Waals surface area contributed by atoms with E-state index in [1.807, 2.05) is 0 Å². The number of hydrogen-bond acceptors (Lipinski definition) is 3. The van der Waals surface area contributed by atoms with Crippen molar-refractivity contribution in [1.29, 1.82) is 0 Å². The molecule has 0 radical (unpaired) electrons. The molecule has 0 saturated carbocycles. The lowest BCUT2D eigenvalue weighted by atomic mass is 9.93. The Morgan fingerprint density at radius 2 is 1.96 bits per heavy atom. The Bertz CT molecular complexity index is 545. The second-order valence-corrected chi connectivity index (χ2v) is 7.44. The van der Waals surface area contributed by atoms with Crippen LogP contribution in [0.5, 0.6) is 0 Å². The van der Waals surface area contributed by atoms with Gasteiger partial charge in [0.25, 0.3) is 0 Å². The summed E-state index contributed by atoms with van der Waals surface area (Å²) in [6.45, 7) is 5.82. The molecule has 2 saturated heterocycles. The molecule has 2 aliphatic heterocycles. The van der Waals surface area contributed by atoms with Crippen molar-refractivity contribution in [3.05, 3.63) is 35.9 Å². The molecule has 0 aromatic heterocycles. The van der Waals surface area contributed by atoms with Gasteiger partial charge in [-0.15, -0.1) is 0 Å². The third kappa shape index (κ3) is 3.50. The zero-order valence-electron chi connectivity index (χ0n) is 15.3. The third-order valence-electron chi connectivity index (χ3n) is 5.70. The minimum atomic E-state index is 0.166. The summed E-state index contributed by atoms with van der Waals surface area (Å²) in [6, 6.07) is 11.6. The maximum absolute atomic E-state index is 13.2. The van der Waals surface area contributed by atoms with Crippen LogP contribution >= 0.6 is 0 Å². The number of benzene rings is 1. The minimum Gasteiger partial charge on any atom is -0.341 e. The van der Waals surface area contributed by atoms with E-state index in [0.29, 0.717) is 18.0 Å². The fourth-order valence-electron chi connectivity index (χ4n) is 4.41. The second kappa shape index (κ2) is 7.66. The van der Waals surface area contributed by atoms with Crippen molar-refractivity contribution in [2.24, 2.45) is 5.92 Å². The molecule has 0 N–H and O–H groups in total. The van der Waals surface area contributed by atoms with Crippen LogP contribution in [0.15, 0.2) is 30.3 Å². The van der Waals surface area contributed by atoms with Crippen molar-refractivity contribution in [2.75, 3.05) is 40.3 Å². The lowest BCUT2D eigenvalue weighted by Crippen LogP contribution is -2.43. The Balaban J connectivity index is 1.74. The number of rotatable bonds is 6. The predicted octanol–water partition coefficient (Wildman–Crippen LogP) is 2.62. The highest BCUT2D eigenvalue weighted by molar-refractivity contribution is 5.80. The molecular weight excluding hydrogens is 298 g/mol. The van der Waals surface area contributed by atoms with Crippen molar-refractivity contribution in [3.63, 3.8) is 0 Å². The van der Waals surface area contributed by atoms with Crippen molar-refractivity contribution < 1.29 is 4.79 Å². The monoisotopic (exact) mass is 329 g/mol. The van der Waals surface area contributed by atoms with E-state index >= 15 is 0 Å². The second-order valence-electron chi connectivity index (χ2n) is 7.44. The number of nitrogens with zero attached hydrogens (tertiary/aromatic N) is 3. The SMILES string of the molecule is CCN(CCN(C)C)C(=O)[C@@H]1C[C@H](c2ccccc2)N2CCC[C@@H]12. The summed E-state index contributed by atoms with van der Waals surface area (Å²) < 4.78 is 0. The summed E-state index contributed by atoms with van der Waals surface area (Å²) in [6.07, 6.45) is 3.37. The fourth-order valence-corrected chi connectivity index (χ4v) is 4.41. The van der Waals surface area contributed by atoms with Crippen LogP contribution < -0.4 is 0 Å². The molecule has 0 aliphatic carbocycles. The van der Waals surface area contributed by atoms with Gasteiger partial charge in [-0.05, 0) is 52.4 Å². The molecule has 0 bridgehead atoms. The number of hydrogen-bond donors (Lipinski definition) is 0. The Kier molecular flexibility index (Phi) is 5.57.